The molecule has 0 atom stereocenters. The molecule has 3 aromatic rings. The lowest BCUT2D eigenvalue weighted by molar-refractivity contribution is -0.116. The maximum absolute atomic E-state index is 12.2. The zero-order chi connectivity index (χ0) is 18.7. The van der Waals surface area contributed by atoms with Gasteiger partial charge in [-0.25, -0.2) is 4.68 Å². The van der Waals surface area contributed by atoms with Gasteiger partial charge >= 0.3 is 0 Å². The van der Waals surface area contributed by atoms with Gasteiger partial charge in [-0.15, -0.1) is 0 Å². The number of nitrogens with zero attached hydrogens (tertiary/aromatic N) is 2. The molecule has 0 fully saturated rings. The van der Waals surface area contributed by atoms with Gasteiger partial charge in [0.15, 0.2) is 0 Å². The second-order valence-corrected chi connectivity index (χ2v) is 7.43. The third-order valence-corrected chi connectivity index (χ3v) is 4.79. The van der Waals surface area contributed by atoms with Crippen LogP contribution in [-0.2, 0) is 11.2 Å². The van der Waals surface area contributed by atoms with E-state index in [1.165, 1.54) is 0 Å². The van der Waals surface area contributed by atoms with Gasteiger partial charge < -0.3 is 5.32 Å². The molecule has 0 unspecified atom stereocenters. The summed E-state index contributed by atoms with van der Waals surface area (Å²) < 4.78 is 2.94. The van der Waals surface area contributed by atoms with Crippen molar-refractivity contribution in [3.05, 3.63) is 75.5 Å². The average Bonchev–Trinajstić information content (AvgIpc) is 2.94. The second kappa shape index (κ2) is 7.87. The van der Waals surface area contributed by atoms with Crippen molar-refractivity contribution in [3.63, 3.8) is 0 Å². The van der Waals surface area contributed by atoms with Crippen LogP contribution in [-0.4, -0.2) is 15.7 Å². The number of benzene rings is 2. The highest BCUT2D eigenvalue weighted by atomic mass is 79.9. The van der Waals surface area contributed by atoms with Crippen molar-refractivity contribution in [2.45, 2.75) is 33.6 Å². The van der Waals surface area contributed by atoms with Crippen LogP contribution in [0.5, 0.6) is 0 Å². The minimum atomic E-state index is 0.0260. The third kappa shape index (κ3) is 4.41. The molecule has 1 amide bonds. The van der Waals surface area contributed by atoms with E-state index in [4.69, 9.17) is 0 Å². The topological polar surface area (TPSA) is 46.9 Å². The van der Waals surface area contributed by atoms with E-state index < -0.39 is 0 Å². The molecule has 0 aliphatic rings. The van der Waals surface area contributed by atoms with E-state index in [0.29, 0.717) is 12.8 Å². The van der Waals surface area contributed by atoms with Crippen LogP contribution < -0.4 is 5.32 Å². The summed E-state index contributed by atoms with van der Waals surface area (Å²) in [6.45, 7) is 6.02. The van der Waals surface area contributed by atoms with Crippen LogP contribution in [0, 0.1) is 20.8 Å². The number of aryl methyl sites for hydroxylation is 4. The van der Waals surface area contributed by atoms with Crippen LogP contribution in [0.1, 0.15) is 28.9 Å². The van der Waals surface area contributed by atoms with E-state index in [2.05, 4.69) is 44.5 Å². The van der Waals surface area contributed by atoms with E-state index in [9.17, 15) is 4.79 Å². The van der Waals surface area contributed by atoms with Gasteiger partial charge in [0, 0.05) is 22.3 Å². The highest BCUT2D eigenvalue weighted by Crippen LogP contribution is 2.20. The Morgan fingerprint density at radius 3 is 2.42 bits per heavy atom. The number of hydrogen-bond acceptors (Lipinski definition) is 2. The van der Waals surface area contributed by atoms with Crippen LogP contribution in [0.15, 0.2) is 53.0 Å². The van der Waals surface area contributed by atoms with Gasteiger partial charge in [-0.1, -0.05) is 28.1 Å². The Labute approximate surface area is 162 Å². The largest absolute Gasteiger partial charge is 0.326 e. The minimum absolute atomic E-state index is 0.0260. The molecule has 0 aliphatic heterocycles. The molecular formula is C21H22BrN3O. The number of rotatable bonds is 5. The number of halogens is 1. The summed E-state index contributed by atoms with van der Waals surface area (Å²) in [7, 11) is 0. The highest BCUT2D eigenvalue weighted by molar-refractivity contribution is 9.10. The molecule has 4 nitrogen and oxygen atoms in total. The molecule has 5 heteroatoms. The maximum atomic E-state index is 12.2. The molecule has 134 valence electrons. The van der Waals surface area contributed by atoms with Crippen molar-refractivity contribution >= 4 is 27.5 Å². The average molecular weight is 412 g/mol. The molecule has 1 heterocycles. The van der Waals surface area contributed by atoms with Gasteiger partial charge in [0.1, 0.15) is 0 Å². The van der Waals surface area contributed by atoms with Crippen molar-refractivity contribution in [2.75, 3.05) is 5.32 Å². The lowest BCUT2D eigenvalue weighted by Crippen LogP contribution is -2.13. The Morgan fingerprint density at radius 1 is 1.08 bits per heavy atom. The van der Waals surface area contributed by atoms with Crippen LogP contribution in [0.3, 0.4) is 0 Å². The molecule has 3 rings (SSSR count). The van der Waals surface area contributed by atoms with Gasteiger partial charge in [-0.2, -0.15) is 5.10 Å². The first-order valence-corrected chi connectivity index (χ1v) is 9.40. The summed E-state index contributed by atoms with van der Waals surface area (Å²) in [4.78, 5) is 12.2. The number of anilines is 1. The van der Waals surface area contributed by atoms with Crippen LogP contribution in [0.25, 0.3) is 5.69 Å². The molecular weight excluding hydrogens is 390 g/mol. The summed E-state index contributed by atoms with van der Waals surface area (Å²) in [5.41, 5.74) is 6.19. The minimum Gasteiger partial charge on any atom is -0.326 e. The molecule has 0 spiro atoms. The molecule has 1 aromatic heterocycles. The standard InChI is InChI=1S/C21H22BrN3O/c1-14-12-18(22)7-10-20(14)23-21(26)11-6-17-4-8-19(9-5-17)25-16(3)13-15(2)24-25/h4-5,7-10,12-13H,6,11H2,1-3H3,(H,23,26). The monoisotopic (exact) mass is 411 g/mol. The second-order valence-electron chi connectivity index (χ2n) is 6.51. The third-order valence-electron chi connectivity index (χ3n) is 4.29. The lowest BCUT2D eigenvalue weighted by Gasteiger charge is -2.09. The number of hydrogen-bond donors (Lipinski definition) is 1. The fourth-order valence-electron chi connectivity index (χ4n) is 2.93. The SMILES string of the molecule is Cc1cc(C)n(-c2ccc(CCC(=O)Nc3ccc(Br)cc3C)cc2)n1. The first kappa shape index (κ1) is 18.4. The Balaban J connectivity index is 1.59. The quantitative estimate of drug-likeness (QED) is 0.632. The predicted molar refractivity (Wildman–Crippen MR) is 109 cm³/mol. The fraction of sp³-hybridized carbons (Fsp3) is 0.238. The van der Waals surface area contributed by atoms with E-state index in [0.717, 1.165) is 38.4 Å². The van der Waals surface area contributed by atoms with Crippen LogP contribution in [0.4, 0.5) is 5.69 Å². The number of aromatic nitrogens is 2. The van der Waals surface area contributed by atoms with Gasteiger partial charge in [0.25, 0.3) is 0 Å². The van der Waals surface area contributed by atoms with Gasteiger partial charge in [-0.05, 0) is 74.7 Å². The maximum Gasteiger partial charge on any atom is 0.224 e. The molecule has 1 N–H and O–H groups in total. The van der Waals surface area contributed by atoms with Crippen molar-refractivity contribution < 1.29 is 4.79 Å². The van der Waals surface area contributed by atoms with Crippen LogP contribution >= 0.6 is 15.9 Å². The molecule has 26 heavy (non-hydrogen) atoms. The number of carbonyl (C=O) groups is 1. The summed E-state index contributed by atoms with van der Waals surface area (Å²) in [6, 6.07) is 16.1. The van der Waals surface area contributed by atoms with Gasteiger partial charge in [0.05, 0.1) is 11.4 Å². The zero-order valence-electron chi connectivity index (χ0n) is 15.2. The normalized spacial score (nSPS) is 10.8. The first-order chi connectivity index (χ1) is 12.4. The molecule has 2 aromatic carbocycles. The zero-order valence-corrected chi connectivity index (χ0v) is 16.8. The van der Waals surface area contributed by atoms with Gasteiger partial charge in [-0.3, -0.25) is 4.79 Å². The molecule has 0 bridgehead atoms. The Bertz CT molecular complexity index is 929. The van der Waals surface area contributed by atoms with E-state index >= 15 is 0 Å². The summed E-state index contributed by atoms with van der Waals surface area (Å²) in [6.07, 6.45) is 1.16. The fourth-order valence-corrected chi connectivity index (χ4v) is 3.41. The number of amides is 1. The molecule has 0 aliphatic carbocycles. The predicted octanol–water partition coefficient (Wildman–Crippen LogP) is 5.13. The summed E-state index contributed by atoms with van der Waals surface area (Å²) in [5.74, 6) is 0.0260. The number of nitrogens with one attached hydrogen (secondary N) is 1. The Hall–Kier alpha value is -2.40. The lowest BCUT2D eigenvalue weighted by atomic mass is 10.1. The number of carbonyl (C=O) groups excluding carboxylic acids is 1. The molecule has 0 saturated heterocycles. The highest BCUT2D eigenvalue weighted by Gasteiger charge is 2.07. The van der Waals surface area contributed by atoms with Crippen molar-refractivity contribution in [1.82, 2.24) is 9.78 Å². The Kier molecular flexibility index (Phi) is 5.57. The molecule has 0 saturated carbocycles. The smallest absolute Gasteiger partial charge is 0.224 e. The van der Waals surface area contributed by atoms with E-state index in [1.807, 2.05) is 55.8 Å². The Morgan fingerprint density at radius 2 is 1.81 bits per heavy atom. The van der Waals surface area contributed by atoms with Crippen molar-refractivity contribution in [2.24, 2.45) is 0 Å². The van der Waals surface area contributed by atoms with Crippen molar-refractivity contribution in [3.8, 4) is 5.69 Å². The molecule has 0 radical (unpaired) electrons. The van der Waals surface area contributed by atoms with Gasteiger partial charge in [0.2, 0.25) is 5.91 Å². The summed E-state index contributed by atoms with van der Waals surface area (Å²) in [5, 5.41) is 7.48. The first-order valence-electron chi connectivity index (χ1n) is 8.61. The van der Waals surface area contributed by atoms with E-state index in [-0.39, 0.29) is 5.91 Å². The summed E-state index contributed by atoms with van der Waals surface area (Å²) >= 11 is 3.43. The van der Waals surface area contributed by atoms with Crippen LogP contribution in [0.2, 0.25) is 0 Å². The van der Waals surface area contributed by atoms with Crippen molar-refractivity contribution in [1.29, 1.82) is 0 Å². The van der Waals surface area contributed by atoms with E-state index in [1.54, 1.807) is 0 Å².